The van der Waals surface area contributed by atoms with E-state index in [4.69, 9.17) is 4.74 Å². The summed E-state index contributed by atoms with van der Waals surface area (Å²) in [5.74, 6) is 0.367. The standard InChI is InChI=1S/C11H13FN2O2S/c1-3-16-10(9-7-5-4-6-8-9)13-17-14(2)11(12)15/h4-8H,3H2,1-2H3. The molecule has 0 radical (unpaired) electrons. The molecule has 0 aliphatic heterocycles. The largest absolute Gasteiger partial charge is 0.477 e. The van der Waals surface area contributed by atoms with Crippen molar-refractivity contribution in [1.29, 1.82) is 0 Å². The Morgan fingerprint density at radius 1 is 1.47 bits per heavy atom. The summed E-state index contributed by atoms with van der Waals surface area (Å²) in [5, 5.41) is 0. The predicted molar refractivity (Wildman–Crippen MR) is 66.5 cm³/mol. The van der Waals surface area contributed by atoms with Gasteiger partial charge in [-0.2, -0.15) is 4.40 Å². The van der Waals surface area contributed by atoms with E-state index < -0.39 is 6.16 Å². The number of halogens is 1. The zero-order valence-electron chi connectivity index (χ0n) is 9.59. The Balaban J connectivity index is 2.79. The maximum Gasteiger partial charge on any atom is 0.411 e. The first-order valence-electron chi connectivity index (χ1n) is 5.01. The van der Waals surface area contributed by atoms with Crippen molar-refractivity contribution < 1.29 is 13.9 Å². The molecule has 0 saturated heterocycles. The summed E-state index contributed by atoms with van der Waals surface area (Å²) in [7, 11) is 1.30. The summed E-state index contributed by atoms with van der Waals surface area (Å²) >= 11 is 0.699. The van der Waals surface area contributed by atoms with Crippen LogP contribution < -0.4 is 0 Å². The van der Waals surface area contributed by atoms with E-state index in [0.29, 0.717) is 24.6 Å². The van der Waals surface area contributed by atoms with Crippen molar-refractivity contribution in [2.75, 3.05) is 13.7 Å². The zero-order chi connectivity index (χ0) is 12.7. The van der Waals surface area contributed by atoms with E-state index in [1.165, 1.54) is 7.05 Å². The van der Waals surface area contributed by atoms with Crippen molar-refractivity contribution in [3.05, 3.63) is 35.9 Å². The highest BCUT2D eigenvalue weighted by Crippen LogP contribution is 2.13. The lowest BCUT2D eigenvalue weighted by atomic mass is 10.2. The smallest absolute Gasteiger partial charge is 0.411 e. The molecule has 0 aliphatic rings. The van der Waals surface area contributed by atoms with E-state index in [1.807, 2.05) is 37.3 Å². The first-order valence-corrected chi connectivity index (χ1v) is 5.74. The zero-order valence-corrected chi connectivity index (χ0v) is 10.4. The number of carbonyl (C=O) groups is 1. The minimum Gasteiger partial charge on any atom is -0.477 e. The number of carbonyl (C=O) groups excluding carboxylic acids is 1. The third-order valence-corrected chi connectivity index (χ3v) is 2.43. The Labute approximate surface area is 104 Å². The lowest BCUT2D eigenvalue weighted by molar-refractivity contribution is 0.209. The van der Waals surface area contributed by atoms with Crippen molar-refractivity contribution in [3.8, 4) is 0 Å². The van der Waals surface area contributed by atoms with E-state index in [2.05, 4.69) is 4.40 Å². The molecule has 0 saturated carbocycles. The molecule has 0 heterocycles. The number of hydrogen-bond donors (Lipinski definition) is 0. The van der Waals surface area contributed by atoms with Crippen LogP contribution in [0.25, 0.3) is 0 Å². The molecule has 0 bridgehead atoms. The summed E-state index contributed by atoms with van der Waals surface area (Å²) in [6.45, 7) is 2.27. The van der Waals surface area contributed by atoms with Gasteiger partial charge in [-0.1, -0.05) is 18.2 Å². The highest BCUT2D eigenvalue weighted by molar-refractivity contribution is 7.96. The van der Waals surface area contributed by atoms with Gasteiger partial charge in [0, 0.05) is 12.6 Å². The molecule has 1 amide bonds. The van der Waals surface area contributed by atoms with Gasteiger partial charge in [0.25, 0.3) is 0 Å². The quantitative estimate of drug-likeness (QED) is 0.273. The molecule has 4 nitrogen and oxygen atoms in total. The molecule has 92 valence electrons. The highest BCUT2D eigenvalue weighted by atomic mass is 32.2. The molecular weight excluding hydrogens is 243 g/mol. The van der Waals surface area contributed by atoms with Gasteiger partial charge in [0.15, 0.2) is 0 Å². The van der Waals surface area contributed by atoms with Gasteiger partial charge in [-0.3, -0.25) is 0 Å². The van der Waals surface area contributed by atoms with Crippen LogP contribution in [0.5, 0.6) is 0 Å². The molecule has 17 heavy (non-hydrogen) atoms. The van der Waals surface area contributed by atoms with Crippen LogP contribution in [0, 0.1) is 0 Å². The van der Waals surface area contributed by atoms with Crippen molar-refractivity contribution in [2.24, 2.45) is 4.40 Å². The average molecular weight is 256 g/mol. The summed E-state index contributed by atoms with van der Waals surface area (Å²) in [6, 6.07) is 9.22. The SMILES string of the molecule is CCOC(=NSN(C)C(=O)F)c1ccccc1. The van der Waals surface area contributed by atoms with Gasteiger partial charge in [-0.25, -0.2) is 9.10 Å². The topological polar surface area (TPSA) is 41.9 Å². The molecule has 0 atom stereocenters. The molecule has 1 aromatic rings. The predicted octanol–water partition coefficient (Wildman–Crippen LogP) is 3.05. The van der Waals surface area contributed by atoms with Crippen molar-refractivity contribution in [2.45, 2.75) is 6.92 Å². The van der Waals surface area contributed by atoms with E-state index in [1.54, 1.807) is 0 Å². The highest BCUT2D eigenvalue weighted by Gasteiger charge is 2.09. The summed E-state index contributed by atoms with van der Waals surface area (Å²) < 4.78 is 22.4. The number of benzene rings is 1. The Bertz CT molecular complexity index is 398. The van der Waals surface area contributed by atoms with Crippen LogP contribution in [0.4, 0.5) is 9.18 Å². The number of ether oxygens (including phenoxy) is 1. The van der Waals surface area contributed by atoms with Crippen LogP contribution in [-0.4, -0.2) is 30.0 Å². The van der Waals surface area contributed by atoms with Crippen LogP contribution >= 0.6 is 12.1 Å². The summed E-state index contributed by atoms with van der Waals surface area (Å²) in [4.78, 5) is 10.4. The molecule has 0 aromatic heterocycles. The third kappa shape index (κ3) is 4.44. The van der Waals surface area contributed by atoms with Gasteiger partial charge in [0.05, 0.1) is 6.61 Å². The Kier molecular flexibility index (Phi) is 5.48. The van der Waals surface area contributed by atoms with Gasteiger partial charge in [-0.15, -0.1) is 4.39 Å². The van der Waals surface area contributed by atoms with Gasteiger partial charge < -0.3 is 4.74 Å². The van der Waals surface area contributed by atoms with Crippen LogP contribution in [-0.2, 0) is 4.74 Å². The van der Waals surface area contributed by atoms with Crippen molar-refractivity contribution in [1.82, 2.24) is 4.31 Å². The molecule has 0 spiro atoms. The third-order valence-electron chi connectivity index (χ3n) is 1.80. The molecule has 6 heteroatoms. The Morgan fingerprint density at radius 3 is 2.65 bits per heavy atom. The van der Waals surface area contributed by atoms with E-state index >= 15 is 0 Å². The van der Waals surface area contributed by atoms with E-state index in [-0.39, 0.29) is 0 Å². The van der Waals surface area contributed by atoms with Crippen LogP contribution in [0.2, 0.25) is 0 Å². The normalized spacial score (nSPS) is 11.1. The molecular formula is C11H13FN2O2S. The maximum absolute atomic E-state index is 12.3. The van der Waals surface area contributed by atoms with Crippen LogP contribution in [0.1, 0.15) is 12.5 Å². The lowest BCUT2D eigenvalue weighted by Gasteiger charge is -2.09. The monoisotopic (exact) mass is 256 g/mol. The fraction of sp³-hybridized carbons (Fsp3) is 0.273. The van der Waals surface area contributed by atoms with Gasteiger partial charge in [-0.05, 0) is 19.1 Å². The number of nitrogens with zero attached hydrogens (tertiary/aromatic N) is 2. The number of rotatable bonds is 4. The summed E-state index contributed by atoms with van der Waals surface area (Å²) in [5.41, 5.74) is 0.779. The minimum absolute atomic E-state index is 0.367. The van der Waals surface area contributed by atoms with Gasteiger partial charge in [0.2, 0.25) is 5.90 Å². The second-order valence-corrected chi connectivity index (χ2v) is 3.92. The molecule has 0 unspecified atom stereocenters. The van der Waals surface area contributed by atoms with E-state index in [9.17, 15) is 9.18 Å². The number of hydrogen-bond acceptors (Lipinski definition) is 4. The van der Waals surface area contributed by atoms with E-state index in [0.717, 1.165) is 9.87 Å². The molecule has 1 aromatic carbocycles. The molecule has 0 N–H and O–H groups in total. The second-order valence-electron chi connectivity index (χ2n) is 3.03. The fourth-order valence-electron chi connectivity index (χ4n) is 1.01. The molecule has 1 rings (SSSR count). The fourth-order valence-corrected chi connectivity index (χ4v) is 1.43. The average Bonchev–Trinajstić information content (AvgIpc) is 2.35. The summed E-state index contributed by atoms with van der Waals surface area (Å²) in [6.07, 6.45) is -1.55. The van der Waals surface area contributed by atoms with Gasteiger partial charge in [0.1, 0.15) is 12.1 Å². The Morgan fingerprint density at radius 2 is 2.12 bits per heavy atom. The van der Waals surface area contributed by atoms with Crippen LogP contribution in [0.15, 0.2) is 34.7 Å². The molecule has 0 aliphatic carbocycles. The second kappa shape index (κ2) is 6.90. The van der Waals surface area contributed by atoms with Crippen LogP contribution in [0.3, 0.4) is 0 Å². The minimum atomic E-state index is -1.55. The number of amides is 1. The molecule has 0 fully saturated rings. The maximum atomic E-state index is 12.3. The van der Waals surface area contributed by atoms with Crippen molar-refractivity contribution in [3.63, 3.8) is 0 Å². The lowest BCUT2D eigenvalue weighted by Crippen LogP contribution is -2.13. The Hall–Kier alpha value is -1.56. The van der Waals surface area contributed by atoms with Crippen molar-refractivity contribution >= 4 is 24.2 Å². The first kappa shape index (κ1) is 13.5. The first-order chi connectivity index (χ1) is 8.15. The van der Waals surface area contributed by atoms with Gasteiger partial charge >= 0.3 is 6.16 Å².